The molecular formula is C47H29N3OS. The van der Waals surface area contributed by atoms with Gasteiger partial charge in [-0.3, -0.25) is 0 Å². The zero-order valence-electron chi connectivity index (χ0n) is 27.9. The Morgan fingerprint density at radius 3 is 2.12 bits per heavy atom. The van der Waals surface area contributed by atoms with Crippen LogP contribution < -0.4 is 5.32 Å². The SMILES string of the molecule is c1ccc(C2=NC(c3c(-c4ccc5sc6ccccc6c5c4)ccc4oc5ccccc5c34)=NC(c3cc4ccccc4c4ccccc34)N2)cc1. The van der Waals surface area contributed by atoms with E-state index in [0.717, 1.165) is 61.0 Å². The third kappa shape index (κ3) is 4.53. The molecular weight excluding hydrogens is 655 g/mol. The van der Waals surface area contributed by atoms with Crippen LogP contribution >= 0.6 is 11.3 Å². The first-order valence-electron chi connectivity index (χ1n) is 17.5. The predicted octanol–water partition coefficient (Wildman–Crippen LogP) is 12.4. The number of aliphatic imine (C=N–C) groups is 2. The van der Waals surface area contributed by atoms with Crippen LogP contribution in [0.25, 0.3) is 74.8 Å². The number of furan rings is 1. The summed E-state index contributed by atoms with van der Waals surface area (Å²) in [5.74, 6) is 1.45. The fourth-order valence-corrected chi connectivity index (χ4v) is 9.04. The second-order valence-electron chi connectivity index (χ2n) is 13.3. The molecule has 5 heteroatoms. The van der Waals surface area contributed by atoms with Gasteiger partial charge in [0.2, 0.25) is 0 Å². The number of amidine groups is 2. The van der Waals surface area contributed by atoms with Crippen molar-refractivity contribution in [1.29, 1.82) is 0 Å². The molecule has 1 unspecified atom stereocenters. The molecule has 2 aromatic heterocycles. The summed E-state index contributed by atoms with van der Waals surface area (Å²) in [5.41, 5.74) is 6.90. The van der Waals surface area contributed by atoms with Gasteiger partial charge < -0.3 is 9.73 Å². The van der Waals surface area contributed by atoms with Gasteiger partial charge in [-0.2, -0.15) is 0 Å². The molecule has 0 saturated carbocycles. The minimum absolute atomic E-state index is 0.401. The Morgan fingerprint density at radius 1 is 0.519 bits per heavy atom. The predicted molar refractivity (Wildman–Crippen MR) is 219 cm³/mol. The van der Waals surface area contributed by atoms with Crippen molar-refractivity contribution < 1.29 is 4.42 Å². The summed E-state index contributed by atoms with van der Waals surface area (Å²) in [6, 6.07) is 57.9. The van der Waals surface area contributed by atoms with Gasteiger partial charge in [0.15, 0.2) is 5.84 Å². The maximum atomic E-state index is 6.50. The molecule has 1 aliphatic heterocycles. The van der Waals surface area contributed by atoms with Gasteiger partial charge in [0.05, 0.1) is 0 Å². The Hall–Kier alpha value is -6.56. The van der Waals surface area contributed by atoms with Crippen molar-refractivity contribution in [1.82, 2.24) is 5.32 Å². The Bertz CT molecular complexity index is 3120. The van der Waals surface area contributed by atoms with E-state index in [0.29, 0.717) is 5.84 Å². The first kappa shape index (κ1) is 29.2. The lowest BCUT2D eigenvalue weighted by Crippen LogP contribution is -2.33. The van der Waals surface area contributed by atoms with E-state index < -0.39 is 6.17 Å². The summed E-state index contributed by atoms with van der Waals surface area (Å²) < 4.78 is 9.06. The summed E-state index contributed by atoms with van der Waals surface area (Å²) in [7, 11) is 0. The number of fused-ring (bicyclic) bond motifs is 9. The third-order valence-corrected chi connectivity index (χ3v) is 11.5. The van der Waals surface area contributed by atoms with E-state index in [1.807, 2.05) is 29.5 Å². The maximum Gasteiger partial charge on any atom is 0.160 e. The number of rotatable bonds is 4. The third-order valence-electron chi connectivity index (χ3n) is 10.3. The standard InChI is InChI=1S/C47H29N3OS/c1-2-12-28(13-3-1)45-48-46(38-27-29-14-4-5-15-31(29)33-16-6-7-17-34(33)38)50-47(49-45)44-32(23-24-40-43(44)36-19-8-10-20-39(36)51-40)30-22-25-42-37(26-30)35-18-9-11-21-41(35)52-42/h1-27,46H,(H,48,49,50). The Balaban J connectivity index is 1.22. The number of nitrogens with one attached hydrogen (secondary N) is 1. The molecule has 0 fully saturated rings. The lowest BCUT2D eigenvalue weighted by Gasteiger charge is -2.26. The first-order chi connectivity index (χ1) is 25.8. The highest BCUT2D eigenvalue weighted by atomic mass is 32.1. The van der Waals surface area contributed by atoms with E-state index in [4.69, 9.17) is 14.4 Å². The molecule has 244 valence electrons. The molecule has 0 radical (unpaired) electrons. The highest BCUT2D eigenvalue weighted by Gasteiger charge is 2.27. The van der Waals surface area contributed by atoms with Crippen LogP contribution in [0.1, 0.15) is 22.9 Å². The Kier molecular flexibility index (Phi) is 6.45. The van der Waals surface area contributed by atoms with Gasteiger partial charge in [0, 0.05) is 47.6 Å². The number of hydrogen-bond donors (Lipinski definition) is 1. The lowest BCUT2D eigenvalue weighted by molar-refractivity contribution is 0.668. The van der Waals surface area contributed by atoms with E-state index in [-0.39, 0.29) is 0 Å². The number of para-hydroxylation sites is 1. The Morgan fingerprint density at radius 2 is 1.23 bits per heavy atom. The molecule has 1 aliphatic rings. The average molecular weight is 684 g/mol. The smallest absolute Gasteiger partial charge is 0.160 e. The lowest BCUT2D eigenvalue weighted by atomic mass is 9.92. The van der Waals surface area contributed by atoms with Gasteiger partial charge in [-0.15, -0.1) is 11.3 Å². The molecule has 10 aromatic rings. The molecule has 3 heterocycles. The van der Waals surface area contributed by atoms with E-state index in [9.17, 15) is 0 Å². The normalized spacial score (nSPS) is 14.7. The molecule has 0 aliphatic carbocycles. The molecule has 0 saturated heterocycles. The molecule has 1 N–H and O–H groups in total. The highest BCUT2D eigenvalue weighted by Crippen LogP contribution is 2.42. The molecule has 0 spiro atoms. The quantitative estimate of drug-likeness (QED) is 0.188. The van der Waals surface area contributed by atoms with Crippen molar-refractivity contribution in [3.05, 3.63) is 180 Å². The van der Waals surface area contributed by atoms with Crippen LogP contribution in [-0.2, 0) is 0 Å². The molecule has 0 bridgehead atoms. The minimum Gasteiger partial charge on any atom is -0.456 e. The van der Waals surface area contributed by atoms with E-state index in [1.54, 1.807) is 0 Å². The maximum absolute atomic E-state index is 6.50. The zero-order valence-corrected chi connectivity index (χ0v) is 28.7. The van der Waals surface area contributed by atoms with E-state index in [2.05, 4.69) is 151 Å². The average Bonchev–Trinajstić information content (AvgIpc) is 3.78. The van der Waals surface area contributed by atoms with Crippen LogP contribution in [0, 0.1) is 0 Å². The fourth-order valence-electron chi connectivity index (χ4n) is 7.96. The van der Waals surface area contributed by atoms with Gasteiger partial charge in [-0.1, -0.05) is 121 Å². The van der Waals surface area contributed by atoms with Crippen molar-refractivity contribution >= 4 is 86.7 Å². The molecule has 4 nitrogen and oxygen atoms in total. The van der Waals surface area contributed by atoms with E-state index >= 15 is 0 Å². The first-order valence-corrected chi connectivity index (χ1v) is 18.3. The second kappa shape index (κ2) is 11.5. The zero-order chi connectivity index (χ0) is 34.2. The summed E-state index contributed by atoms with van der Waals surface area (Å²) >= 11 is 1.83. The van der Waals surface area contributed by atoms with E-state index in [1.165, 1.54) is 36.3 Å². The fraction of sp³-hybridized carbons (Fsp3) is 0.0213. The van der Waals surface area contributed by atoms with Crippen LogP contribution in [0.3, 0.4) is 0 Å². The highest BCUT2D eigenvalue weighted by molar-refractivity contribution is 7.25. The molecule has 8 aromatic carbocycles. The van der Waals surface area contributed by atoms with Crippen LogP contribution in [0.2, 0.25) is 0 Å². The number of benzene rings is 8. The van der Waals surface area contributed by atoms with Crippen molar-refractivity contribution in [2.75, 3.05) is 0 Å². The topological polar surface area (TPSA) is 49.9 Å². The summed E-state index contributed by atoms with van der Waals surface area (Å²) in [5, 5.41) is 13.1. The molecule has 0 amide bonds. The van der Waals surface area contributed by atoms with Gasteiger partial charge in [0.1, 0.15) is 23.2 Å². The van der Waals surface area contributed by atoms with Crippen LogP contribution in [0.15, 0.2) is 178 Å². The number of hydrogen-bond acceptors (Lipinski definition) is 5. The van der Waals surface area contributed by atoms with Gasteiger partial charge in [-0.25, -0.2) is 9.98 Å². The van der Waals surface area contributed by atoms with Crippen LogP contribution in [-0.4, -0.2) is 11.7 Å². The number of nitrogens with zero attached hydrogens (tertiary/aromatic N) is 2. The van der Waals surface area contributed by atoms with Crippen molar-refractivity contribution in [3.63, 3.8) is 0 Å². The van der Waals surface area contributed by atoms with Gasteiger partial charge in [-0.05, 0) is 75.1 Å². The van der Waals surface area contributed by atoms with Crippen molar-refractivity contribution in [2.45, 2.75) is 6.17 Å². The summed E-state index contributed by atoms with van der Waals surface area (Å²) in [4.78, 5) is 10.9. The summed E-state index contributed by atoms with van der Waals surface area (Å²) in [6.45, 7) is 0. The van der Waals surface area contributed by atoms with Crippen molar-refractivity contribution in [2.24, 2.45) is 9.98 Å². The largest absolute Gasteiger partial charge is 0.456 e. The van der Waals surface area contributed by atoms with Gasteiger partial charge >= 0.3 is 0 Å². The molecule has 52 heavy (non-hydrogen) atoms. The monoisotopic (exact) mass is 683 g/mol. The molecule has 1 atom stereocenters. The Labute approximate surface area is 303 Å². The van der Waals surface area contributed by atoms with Crippen LogP contribution in [0.5, 0.6) is 0 Å². The minimum atomic E-state index is -0.401. The summed E-state index contributed by atoms with van der Waals surface area (Å²) in [6.07, 6.45) is -0.401. The van der Waals surface area contributed by atoms with Gasteiger partial charge in [0.25, 0.3) is 0 Å². The van der Waals surface area contributed by atoms with Crippen LogP contribution in [0.4, 0.5) is 0 Å². The second-order valence-corrected chi connectivity index (χ2v) is 14.4. The molecule has 11 rings (SSSR count). The van der Waals surface area contributed by atoms with Crippen molar-refractivity contribution in [3.8, 4) is 11.1 Å². The number of thiophene rings is 1.